The molecular formula is C17H23F7O6S. The highest BCUT2D eigenvalue weighted by Crippen LogP contribution is 2.41. The van der Waals surface area contributed by atoms with E-state index in [2.05, 4.69) is 26.8 Å². The van der Waals surface area contributed by atoms with Crippen LogP contribution in [0, 0.1) is 0 Å². The fourth-order valence-corrected chi connectivity index (χ4v) is 2.84. The van der Waals surface area contributed by atoms with Crippen molar-refractivity contribution in [1.82, 2.24) is 0 Å². The molecule has 0 aliphatic heterocycles. The predicted octanol–water partition coefficient (Wildman–Crippen LogP) is 5.25. The normalized spacial score (nSPS) is 18.2. The molecular weight excluding hydrogens is 465 g/mol. The Balaban J connectivity index is 2.95. The van der Waals surface area contributed by atoms with Gasteiger partial charge in [-0.25, -0.2) is 9.59 Å². The molecule has 0 N–H and O–H groups in total. The van der Waals surface area contributed by atoms with Crippen LogP contribution in [-0.2, 0) is 23.7 Å². The summed E-state index contributed by atoms with van der Waals surface area (Å²) < 4.78 is 111. The zero-order valence-corrected chi connectivity index (χ0v) is 17.4. The lowest BCUT2D eigenvalue weighted by Crippen LogP contribution is -2.58. The third kappa shape index (κ3) is 7.58. The Kier molecular flexibility index (Phi) is 9.72. The summed E-state index contributed by atoms with van der Waals surface area (Å²) in [5.74, 6) is -11.1. The van der Waals surface area contributed by atoms with Crippen molar-refractivity contribution >= 4 is 24.8 Å². The first-order valence-corrected chi connectivity index (χ1v) is 9.86. The minimum atomic E-state index is -5.69. The first-order chi connectivity index (χ1) is 14.2. The molecule has 0 bridgehead atoms. The molecule has 1 saturated carbocycles. The average molecular weight is 488 g/mol. The number of carbonyl (C=O) groups is 2. The molecule has 0 spiro atoms. The summed E-state index contributed by atoms with van der Waals surface area (Å²) >= 11 is 2.44. The molecule has 1 aliphatic carbocycles. The third-order valence-electron chi connectivity index (χ3n) is 4.34. The molecule has 0 saturated heterocycles. The van der Waals surface area contributed by atoms with Crippen LogP contribution in [-0.4, -0.2) is 54.6 Å². The summed E-state index contributed by atoms with van der Waals surface area (Å²) in [6.45, 7) is -0.700. The van der Waals surface area contributed by atoms with E-state index in [-0.39, 0.29) is 0 Å². The Hall–Kier alpha value is -1.44. The van der Waals surface area contributed by atoms with Gasteiger partial charge >= 0.3 is 35.3 Å². The van der Waals surface area contributed by atoms with E-state index >= 15 is 0 Å². The SMILES string of the molecule is CCOC(=O)C(OCCCC(F)(F)C(F)(F)S)(OC(=O)OC1CCCCC1)C(F)(F)F. The van der Waals surface area contributed by atoms with E-state index in [1.807, 2.05) is 0 Å². The van der Waals surface area contributed by atoms with Crippen molar-refractivity contribution in [3.8, 4) is 0 Å². The Labute approximate surface area is 179 Å². The molecule has 0 heterocycles. The summed E-state index contributed by atoms with van der Waals surface area (Å²) in [6.07, 6.45) is -8.03. The van der Waals surface area contributed by atoms with Gasteiger partial charge in [-0.05, 0) is 39.0 Å². The van der Waals surface area contributed by atoms with Crippen molar-refractivity contribution in [3.05, 3.63) is 0 Å². The maximum Gasteiger partial charge on any atom is 0.511 e. The van der Waals surface area contributed by atoms with Crippen LogP contribution in [0.2, 0.25) is 0 Å². The van der Waals surface area contributed by atoms with Gasteiger partial charge in [-0.3, -0.25) is 0 Å². The lowest BCUT2D eigenvalue weighted by Gasteiger charge is -2.32. The zero-order chi connectivity index (χ0) is 23.9. The maximum absolute atomic E-state index is 13.7. The molecule has 182 valence electrons. The molecule has 1 aliphatic rings. The van der Waals surface area contributed by atoms with Crippen molar-refractivity contribution in [2.24, 2.45) is 0 Å². The van der Waals surface area contributed by atoms with Crippen LogP contribution >= 0.6 is 12.6 Å². The average Bonchev–Trinajstić information content (AvgIpc) is 2.63. The number of hydrogen-bond acceptors (Lipinski definition) is 7. The lowest BCUT2D eigenvalue weighted by atomic mass is 9.98. The second kappa shape index (κ2) is 10.9. The van der Waals surface area contributed by atoms with Crippen molar-refractivity contribution < 1.29 is 59.3 Å². The minimum absolute atomic E-state index is 0.376. The van der Waals surface area contributed by atoms with E-state index in [0.29, 0.717) is 25.7 Å². The number of carbonyl (C=O) groups excluding carboxylic acids is 2. The molecule has 14 heteroatoms. The van der Waals surface area contributed by atoms with Crippen molar-refractivity contribution in [2.45, 2.75) is 81.1 Å². The highest BCUT2D eigenvalue weighted by molar-refractivity contribution is 7.81. The quantitative estimate of drug-likeness (QED) is 0.149. The van der Waals surface area contributed by atoms with Gasteiger partial charge in [-0.1, -0.05) is 19.0 Å². The highest BCUT2D eigenvalue weighted by Gasteiger charge is 2.68. The van der Waals surface area contributed by atoms with E-state index in [0.717, 1.165) is 13.3 Å². The summed E-state index contributed by atoms with van der Waals surface area (Å²) in [5, 5.41) is -4.73. The number of esters is 1. The van der Waals surface area contributed by atoms with Crippen molar-refractivity contribution in [2.75, 3.05) is 13.2 Å². The van der Waals surface area contributed by atoms with Gasteiger partial charge in [-0.15, -0.1) is 0 Å². The highest BCUT2D eigenvalue weighted by atomic mass is 32.1. The number of halogens is 7. The molecule has 0 radical (unpaired) electrons. The number of hydrogen-bond donors (Lipinski definition) is 1. The van der Waals surface area contributed by atoms with Gasteiger partial charge in [0.2, 0.25) is 0 Å². The minimum Gasteiger partial charge on any atom is -0.461 e. The van der Waals surface area contributed by atoms with Crippen molar-refractivity contribution in [1.29, 1.82) is 0 Å². The van der Waals surface area contributed by atoms with Crippen molar-refractivity contribution in [3.63, 3.8) is 0 Å². The maximum atomic E-state index is 13.7. The molecule has 1 unspecified atom stereocenters. The Morgan fingerprint density at radius 3 is 2.06 bits per heavy atom. The summed E-state index contributed by atoms with van der Waals surface area (Å²) in [4.78, 5) is 24.0. The van der Waals surface area contributed by atoms with E-state index in [9.17, 15) is 40.3 Å². The monoisotopic (exact) mass is 488 g/mol. The van der Waals surface area contributed by atoms with Gasteiger partial charge < -0.3 is 18.9 Å². The first-order valence-electron chi connectivity index (χ1n) is 9.42. The molecule has 1 rings (SSSR count). The predicted molar refractivity (Wildman–Crippen MR) is 93.9 cm³/mol. The summed E-state index contributed by atoms with van der Waals surface area (Å²) in [7, 11) is 0. The first kappa shape index (κ1) is 27.6. The second-order valence-electron chi connectivity index (χ2n) is 6.76. The van der Waals surface area contributed by atoms with Gasteiger partial charge in [-0.2, -0.15) is 30.7 Å². The molecule has 31 heavy (non-hydrogen) atoms. The largest absolute Gasteiger partial charge is 0.511 e. The number of alkyl halides is 7. The van der Waals surface area contributed by atoms with Gasteiger partial charge in [0.25, 0.3) is 0 Å². The molecule has 0 aromatic rings. The molecule has 0 aromatic heterocycles. The standard InChI is InChI=1S/C17H23F7O6S/c1-2-27-12(25)15(16(20,21)22,28-10-6-9-14(18,19)17(23,24)31)30-13(26)29-11-7-4-3-5-8-11/h11,31H,2-10H2,1H3. The summed E-state index contributed by atoms with van der Waals surface area (Å²) in [6, 6.07) is 0. The molecule has 1 fully saturated rings. The van der Waals surface area contributed by atoms with E-state index in [4.69, 9.17) is 4.74 Å². The number of thiol groups is 1. The molecule has 6 nitrogen and oxygen atoms in total. The molecule has 0 amide bonds. The second-order valence-corrected chi connectivity index (χ2v) is 7.32. The number of ether oxygens (including phenoxy) is 4. The lowest BCUT2D eigenvalue weighted by molar-refractivity contribution is -0.354. The van der Waals surface area contributed by atoms with E-state index < -0.39 is 67.4 Å². The topological polar surface area (TPSA) is 71.1 Å². The van der Waals surface area contributed by atoms with Crippen LogP contribution in [0.15, 0.2) is 0 Å². The van der Waals surface area contributed by atoms with Gasteiger partial charge in [0.05, 0.1) is 13.2 Å². The Bertz CT molecular complexity index is 605. The van der Waals surface area contributed by atoms with Crippen LogP contribution < -0.4 is 0 Å². The van der Waals surface area contributed by atoms with Crippen LogP contribution in [0.4, 0.5) is 35.5 Å². The smallest absolute Gasteiger partial charge is 0.461 e. The Morgan fingerprint density at radius 1 is 1.00 bits per heavy atom. The fourth-order valence-electron chi connectivity index (χ4n) is 2.73. The third-order valence-corrected chi connectivity index (χ3v) is 4.67. The van der Waals surface area contributed by atoms with Crippen LogP contribution in [0.1, 0.15) is 51.9 Å². The molecule has 0 aromatic carbocycles. The Morgan fingerprint density at radius 2 is 1.58 bits per heavy atom. The summed E-state index contributed by atoms with van der Waals surface area (Å²) in [5.41, 5.74) is 0. The van der Waals surface area contributed by atoms with E-state index in [1.54, 1.807) is 0 Å². The fraction of sp³-hybridized carbons (Fsp3) is 0.882. The van der Waals surface area contributed by atoms with Gasteiger partial charge in [0, 0.05) is 6.42 Å². The van der Waals surface area contributed by atoms with Crippen LogP contribution in [0.3, 0.4) is 0 Å². The van der Waals surface area contributed by atoms with Gasteiger partial charge in [0.15, 0.2) is 0 Å². The number of rotatable bonds is 10. The van der Waals surface area contributed by atoms with Crippen LogP contribution in [0.5, 0.6) is 0 Å². The zero-order valence-electron chi connectivity index (χ0n) is 16.5. The van der Waals surface area contributed by atoms with Gasteiger partial charge in [0.1, 0.15) is 6.10 Å². The molecule has 1 atom stereocenters. The van der Waals surface area contributed by atoms with Crippen LogP contribution in [0.25, 0.3) is 0 Å². The van der Waals surface area contributed by atoms with E-state index in [1.165, 1.54) is 0 Å².